The predicted octanol–water partition coefficient (Wildman–Crippen LogP) is 0.905. The Kier molecular flexibility index (Phi) is 4.37. The van der Waals surface area contributed by atoms with Crippen LogP contribution in [0.3, 0.4) is 0 Å². The number of aryl methyl sites for hydroxylation is 1. The van der Waals surface area contributed by atoms with Gasteiger partial charge < -0.3 is 10.4 Å². The quantitative estimate of drug-likeness (QED) is 0.855. The monoisotopic (exact) mass is 309 g/mol. The van der Waals surface area contributed by atoms with E-state index in [0.717, 1.165) is 5.69 Å². The van der Waals surface area contributed by atoms with Crippen LogP contribution in [-0.2, 0) is 4.79 Å². The van der Waals surface area contributed by atoms with Crippen molar-refractivity contribution in [3.63, 3.8) is 0 Å². The van der Waals surface area contributed by atoms with E-state index in [1.165, 1.54) is 21.9 Å². The molecule has 2 heterocycles. The third kappa shape index (κ3) is 3.27. The molecule has 112 valence electrons. The second-order valence-corrected chi connectivity index (χ2v) is 5.72. The van der Waals surface area contributed by atoms with Gasteiger partial charge in [0, 0.05) is 30.2 Å². The number of nitrogens with zero attached hydrogens (tertiary/aromatic N) is 2. The van der Waals surface area contributed by atoms with Crippen molar-refractivity contribution in [2.45, 2.75) is 20.3 Å². The first kappa shape index (κ1) is 15.2. The zero-order valence-electron chi connectivity index (χ0n) is 11.6. The zero-order chi connectivity index (χ0) is 15.6. The molecule has 2 rings (SSSR count). The largest absolute Gasteiger partial charge is 0.481 e. The van der Waals surface area contributed by atoms with E-state index in [4.69, 9.17) is 5.11 Å². The highest BCUT2D eigenvalue weighted by atomic mass is 32.1. The highest BCUT2D eigenvalue weighted by Crippen LogP contribution is 2.11. The van der Waals surface area contributed by atoms with Crippen molar-refractivity contribution in [1.82, 2.24) is 14.7 Å². The van der Waals surface area contributed by atoms with Gasteiger partial charge in [0.1, 0.15) is 5.56 Å². The maximum absolute atomic E-state index is 12.2. The van der Waals surface area contributed by atoms with Gasteiger partial charge in [-0.25, -0.2) is 4.98 Å². The molecule has 0 radical (unpaired) electrons. The third-order valence-electron chi connectivity index (χ3n) is 3.00. The Morgan fingerprint density at radius 2 is 2.24 bits per heavy atom. The van der Waals surface area contributed by atoms with E-state index < -0.39 is 17.4 Å². The molecule has 0 aliphatic rings. The Morgan fingerprint density at radius 3 is 2.90 bits per heavy atom. The van der Waals surface area contributed by atoms with Crippen molar-refractivity contribution in [1.29, 1.82) is 0 Å². The molecular weight excluding hydrogens is 294 g/mol. The molecule has 0 bridgehead atoms. The molecule has 2 N–H and O–H groups in total. The fourth-order valence-corrected chi connectivity index (χ4v) is 2.74. The molecule has 8 heteroatoms. The van der Waals surface area contributed by atoms with Gasteiger partial charge in [0.2, 0.25) is 0 Å². The smallest absolute Gasteiger partial charge is 0.303 e. The lowest BCUT2D eigenvalue weighted by atomic mass is 10.1. The number of nitrogens with one attached hydrogen (secondary N) is 1. The summed E-state index contributed by atoms with van der Waals surface area (Å²) in [5.41, 5.74) is 0.264. The number of rotatable bonds is 5. The molecule has 0 spiro atoms. The summed E-state index contributed by atoms with van der Waals surface area (Å²) in [5.74, 6) is -1.67. The van der Waals surface area contributed by atoms with E-state index in [9.17, 15) is 14.4 Å². The van der Waals surface area contributed by atoms with Crippen molar-refractivity contribution in [3.8, 4) is 0 Å². The number of fused-ring (bicyclic) bond motifs is 1. The lowest BCUT2D eigenvalue weighted by Gasteiger charge is -2.10. The Labute approximate surface area is 124 Å². The summed E-state index contributed by atoms with van der Waals surface area (Å²) in [7, 11) is 0. The molecule has 1 atom stereocenters. The van der Waals surface area contributed by atoms with Crippen LogP contribution < -0.4 is 10.9 Å². The molecule has 1 amide bonds. The number of amides is 1. The van der Waals surface area contributed by atoms with E-state index in [1.807, 2.05) is 0 Å². The predicted molar refractivity (Wildman–Crippen MR) is 77.8 cm³/mol. The van der Waals surface area contributed by atoms with Gasteiger partial charge in [-0.1, -0.05) is 6.92 Å². The molecule has 2 aromatic rings. The molecule has 0 fully saturated rings. The van der Waals surface area contributed by atoms with Gasteiger partial charge >= 0.3 is 5.97 Å². The van der Waals surface area contributed by atoms with Gasteiger partial charge in [-0.2, -0.15) is 0 Å². The summed E-state index contributed by atoms with van der Waals surface area (Å²) >= 11 is 1.33. The second kappa shape index (κ2) is 6.04. The number of aromatic nitrogens is 2. The molecule has 0 aliphatic carbocycles. The van der Waals surface area contributed by atoms with Crippen LogP contribution in [0.25, 0.3) is 4.96 Å². The van der Waals surface area contributed by atoms with Crippen LogP contribution in [0.15, 0.2) is 16.4 Å². The van der Waals surface area contributed by atoms with Crippen LogP contribution in [0.4, 0.5) is 0 Å². The van der Waals surface area contributed by atoms with Crippen molar-refractivity contribution in [3.05, 3.63) is 33.2 Å². The molecule has 0 aromatic carbocycles. The van der Waals surface area contributed by atoms with Gasteiger partial charge in [-0.05, 0) is 12.8 Å². The number of hydrogen-bond acceptors (Lipinski definition) is 5. The maximum atomic E-state index is 12.2. The molecule has 0 saturated carbocycles. The van der Waals surface area contributed by atoms with Crippen molar-refractivity contribution in [2.75, 3.05) is 6.54 Å². The minimum Gasteiger partial charge on any atom is -0.481 e. The van der Waals surface area contributed by atoms with Gasteiger partial charge in [-0.15, -0.1) is 11.3 Å². The highest BCUT2D eigenvalue weighted by molar-refractivity contribution is 7.15. The fourth-order valence-electron chi connectivity index (χ4n) is 1.91. The molecule has 0 saturated heterocycles. The average Bonchev–Trinajstić information content (AvgIpc) is 2.78. The van der Waals surface area contributed by atoms with E-state index in [0.29, 0.717) is 4.96 Å². The van der Waals surface area contributed by atoms with Gasteiger partial charge in [0.05, 0.1) is 0 Å². The summed E-state index contributed by atoms with van der Waals surface area (Å²) in [5, 5.41) is 13.0. The Morgan fingerprint density at radius 1 is 1.52 bits per heavy atom. The summed E-state index contributed by atoms with van der Waals surface area (Å²) in [4.78, 5) is 39.5. The Bertz CT molecular complexity index is 749. The van der Waals surface area contributed by atoms with Gasteiger partial charge in [0.15, 0.2) is 4.96 Å². The lowest BCUT2D eigenvalue weighted by Crippen LogP contribution is -2.34. The van der Waals surface area contributed by atoms with Crippen LogP contribution in [0.2, 0.25) is 0 Å². The number of hydrogen-bond donors (Lipinski definition) is 2. The second-order valence-electron chi connectivity index (χ2n) is 4.89. The van der Waals surface area contributed by atoms with E-state index in [1.54, 1.807) is 19.2 Å². The molecule has 2 aromatic heterocycles. The Hall–Kier alpha value is -2.22. The molecule has 21 heavy (non-hydrogen) atoms. The molecule has 7 nitrogen and oxygen atoms in total. The molecular formula is C13H15N3O4S. The number of carbonyl (C=O) groups is 2. The van der Waals surface area contributed by atoms with Gasteiger partial charge in [-0.3, -0.25) is 18.8 Å². The number of carboxylic acids is 1. The van der Waals surface area contributed by atoms with Crippen LogP contribution in [0.1, 0.15) is 29.4 Å². The van der Waals surface area contributed by atoms with Crippen molar-refractivity contribution >= 4 is 28.2 Å². The summed E-state index contributed by atoms with van der Waals surface area (Å²) in [6.07, 6.45) is 1.21. The third-order valence-corrected chi connectivity index (χ3v) is 3.95. The van der Waals surface area contributed by atoms with Crippen LogP contribution in [0, 0.1) is 12.8 Å². The standard InChI is InChI=1S/C13H15N3O4S/c1-7(3-10(17)18)4-14-11(19)9-5-15-13-16(12(9)20)8(2)6-21-13/h5-7H,3-4H2,1-2H3,(H,14,19)(H,17,18). The molecule has 1 unspecified atom stereocenters. The lowest BCUT2D eigenvalue weighted by molar-refractivity contribution is -0.137. The van der Waals surface area contributed by atoms with Crippen molar-refractivity contribution in [2.24, 2.45) is 5.92 Å². The number of aliphatic carboxylic acids is 1. The topological polar surface area (TPSA) is 101 Å². The first-order valence-corrected chi connectivity index (χ1v) is 7.24. The highest BCUT2D eigenvalue weighted by Gasteiger charge is 2.16. The van der Waals surface area contributed by atoms with Crippen LogP contribution in [-0.4, -0.2) is 32.9 Å². The van der Waals surface area contributed by atoms with Crippen LogP contribution in [0.5, 0.6) is 0 Å². The fraction of sp³-hybridized carbons (Fsp3) is 0.385. The average molecular weight is 309 g/mol. The SMILES string of the molecule is Cc1csc2ncc(C(=O)NCC(C)CC(=O)O)c(=O)n12. The first-order valence-electron chi connectivity index (χ1n) is 6.36. The van der Waals surface area contributed by atoms with Crippen molar-refractivity contribution < 1.29 is 14.7 Å². The van der Waals surface area contributed by atoms with E-state index >= 15 is 0 Å². The summed E-state index contributed by atoms with van der Waals surface area (Å²) < 4.78 is 1.39. The Balaban J connectivity index is 2.16. The number of carboxylic acid groups (broad SMARTS) is 1. The normalized spacial score (nSPS) is 12.3. The minimum absolute atomic E-state index is 0.0415. The zero-order valence-corrected chi connectivity index (χ0v) is 12.4. The summed E-state index contributed by atoms with van der Waals surface area (Å²) in [6, 6.07) is 0. The van der Waals surface area contributed by atoms with E-state index in [2.05, 4.69) is 10.3 Å². The minimum atomic E-state index is -0.922. The van der Waals surface area contributed by atoms with Crippen LogP contribution >= 0.6 is 11.3 Å². The number of carbonyl (C=O) groups excluding carboxylic acids is 1. The van der Waals surface area contributed by atoms with Gasteiger partial charge in [0.25, 0.3) is 11.5 Å². The molecule has 0 aliphatic heterocycles. The van der Waals surface area contributed by atoms with E-state index in [-0.39, 0.29) is 24.4 Å². The number of thiazole rings is 1. The summed E-state index contributed by atoms with van der Waals surface area (Å²) in [6.45, 7) is 3.67. The maximum Gasteiger partial charge on any atom is 0.303 e. The first-order chi connectivity index (χ1) is 9.90.